The Bertz CT molecular complexity index is 1080. The van der Waals surface area contributed by atoms with E-state index in [1.54, 1.807) is 20.1 Å². The van der Waals surface area contributed by atoms with Gasteiger partial charge in [-0.15, -0.1) is 0 Å². The molecule has 0 radical (unpaired) electrons. The molecule has 2 aromatic rings. The molecule has 4 nitrogen and oxygen atoms in total. The number of nitrogens with zero attached hydrogens (tertiary/aromatic N) is 2. The summed E-state index contributed by atoms with van der Waals surface area (Å²) in [5.74, 6) is 0.718. The molecule has 1 aliphatic rings. The Morgan fingerprint density at radius 1 is 1.20 bits per heavy atom. The van der Waals surface area contributed by atoms with E-state index in [-0.39, 0.29) is 5.78 Å². The van der Waals surface area contributed by atoms with E-state index in [4.69, 9.17) is 9.73 Å². The number of carbonyl (C=O) groups is 1. The SMILES string of the molecule is C=C1Cc2ccccc2C(=C)N(C)/C1=C/N=C(\C)Cc1ccc(C(C)=O)cc1OC. The van der Waals surface area contributed by atoms with Crippen LogP contribution in [0.4, 0.5) is 0 Å². The van der Waals surface area contributed by atoms with Crippen LogP contribution in [-0.4, -0.2) is 30.6 Å². The molecule has 1 aliphatic heterocycles. The van der Waals surface area contributed by atoms with Gasteiger partial charge in [-0.25, -0.2) is 0 Å². The van der Waals surface area contributed by atoms with E-state index in [1.807, 2.05) is 49.3 Å². The molecule has 3 rings (SSSR count). The van der Waals surface area contributed by atoms with E-state index in [9.17, 15) is 4.79 Å². The zero-order valence-corrected chi connectivity index (χ0v) is 18.2. The number of carbonyl (C=O) groups excluding carboxylic acids is 1. The molecule has 154 valence electrons. The number of allylic oxidation sites excluding steroid dienone is 1. The summed E-state index contributed by atoms with van der Waals surface area (Å²) in [5.41, 5.74) is 7.82. The van der Waals surface area contributed by atoms with Crippen LogP contribution in [0.3, 0.4) is 0 Å². The van der Waals surface area contributed by atoms with E-state index >= 15 is 0 Å². The lowest BCUT2D eigenvalue weighted by Crippen LogP contribution is -2.15. The highest BCUT2D eigenvalue weighted by Gasteiger charge is 2.20. The Balaban J connectivity index is 1.86. The zero-order chi connectivity index (χ0) is 21.8. The molecule has 0 fully saturated rings. The third-order valence-electron chi connectivity index (χ3n) is 5.41. The summed E-state index contributed by atoms with van der Waals surface area (Å²) in [7, 11) is 3.61. The van der Waals surface area contributed by atoms with Gasteiger partial charge in [0, 0.05) is 36.0 Å². The van der Waals surface area contributed by atoms with Gasteiger partial charge in [-0.05, 0) is 43.0 Å². The van der Waals surface area contributed by atoms with Crippen LogP contribution in [0.1, 0.15) is 40.9 Å². The lowest BCUT2D eigenvalue weighted by atomic mass is 10.0. The second-order valence-corrected chi connectivity index (χ2v) is 7.58. The van der Waals surface area contributed by atoms with Crippen LogP contribution < -0.4 is 4.74 Å². The molecule has 0 saturated heterocycles. The Morgan fingerprint density at radius 3 is 2.63 bits per heavy atom. The fraction of sp³-hybridized carbons (Fsp3) is 0.231. The summed E-state index contributed by atoms with van der Waals surface area (Å²) >= 11 is 0. The van der Waals surface area contributed by atoms with Crippen LogP contribution in [0.15, 0.2) is 78.1 Å². The Kier molecular flexibility index (Phi) is 6.36. The van der Waals surface area contributed by atoms with Gasteiger partial charge in [-0.3, -0.25) is 9.79 Å². The molecule has 0 saturated carbocycles. The van der Waals surface area contributed by atoms with Crippen molar-refractivity contribution in [2.75, 3.05) is 14.2 Å². The standard InChI is InChI=1S/C26H28N2O2/c1-17-13-22-9-7-8-10-24(22)19(3)28(5)25(17)16-27-18(2)14-23-12-11-21(20(4)29)15-26(23)30-6/h7-12,15-16H,1,3,13-14H2,2,4-6H3/b25-16+,27-18+. The number of ketones is 1. The van der Waals surface area contributed by atoms with Gasteiger partial charge in [0.1, 0.15) is 5.75 Å². The smallest absolute Gasteiger partial charge is 0.159 e. The molecule has 0 unspecified atom stereocenters. The molecule has 0 spiro atoms. The van der Waals surface area contributed by atoms with Crippen LogP contribution in [-0.2, 0) is 12.8 Å². The maximum atomic E-state index is 11.6. The quantitative estimate of drug-likeness (QED) is 0.494. The van der Waals surface area contributed by atoms with Crippen LogP contribution in [0, 0.1) is 0 Å². The predicted octanol–water partition coefficient (Wildman–Crippen LogP) is 5.46. The Morgan fingerprint density at radius 2 is 1.93 bits per heavy atom. The minimum absolute atomic E-state index is 0.0195. The summed E-state index contributed by atoms with van der Waals surface area (Å²) in [6, 6.07) is 13.8. The minimum atomic E-state index is 0.0195. The highest BCUT2D eigenvalue weighted by atomic mass is 16.5. The van der Waals surface area contributed by atoms with Crippen LogP contribution in [0.2, 0.25) is 0 Å². The third kappa shape index (κ3) is 4.43. The largest absolute Gasteiger partial charge is 0.496 e. The number of aliphatic imine (C=N–C) groups is 1. The molecule has 30 heavy (non-hydrogen) atoms. The molecule has 0 amide bonds. The van der Waals surface area contributed by atoms with E-state index in [0.29, 0.717) is 17.7 Å². The number of likely N-dealkylation sites (N-methyl/N-ethyl adjacent to an activating group) is 1. The first-order valence-electron chi connectivity index (χ1n) is 9.92. The number of benzene rings is 2. The normalized spacial score (nSPS) is 15.8. The number of fused-ring (bicyclic) bond motifs is 1. The fourth-order valence-corrected chi connectivity index (χ4v) is 3.62. The lowest BCUT2D eigenvalue weighted by molar-refractivity contribution is 0.101. The van der Waals surface area contributed by atoms with Crippen LogP contribution in [0.5, 0.6) is 5.75 Å². The van der Waals surface area contributed by atoms with Crippen molar-refractivity contribution in [3.8, 4) is 5.75 Å². The van der Waals surface area contributed by atoms with Crippen molar-refractivity contribution in [3.63, 3.8) is 0 Å². The predicted molar refractivity (Wildman–Crippen MR) is 124 cm³/mol. The van der Waals surface area contributed by atoms with E-state index in [2.05, 4.69) is 25.3 Å². The van der Waals surface area contributed by atoms with E-state index < -0.39 is 0 Å². The monoisotopic (exact) mass is 400 g/mol. The van der Waals surface area contributed by atoms with Gasteiger partial charge in [0.15, 0.2) is 5.78 Å². The molecular formula is C26H28N2O2. The highest BCUT2D eigenvalue weighted by molar-refractivity contribution is 5.95. The molecule has 2 aromatic carbocycles. The second kappa shape index (κ2) is 8.95. The molecule has 0 atom stereocenters. The van der Waals surface area contributed by atoms with Crippen molar-refractivity contribution in [2.45, 2.75) is 26.7 Å². The van der Waals surface area contributed by atoms with E-state index in [0.717, 1.165) is 40.2 Å². The summed E-state index contributed by atoms with van der Waals surface area (Å²) in [6.07, 6.45) is 3.26. The van der Waals surface area contributed by atoms with Crippen molar-refractivity contribution < 1.29 is 9.53 Å². The molecule has 0 N–H and O–H groups in total. The number of ether oxygens (including phenoxy) is 1. The Hall–Kier alpha value is -3.40. The van der Waals surface area contributed by atoms with Crippen molar-refractivity contribution in [2.24, 2.45) is 4.99 Å². The van der Waals surface area contributed by atoms with Crippen molar-refractivity contribution in [3.05, 3.63) is 95.3 Å². The number of Topliss-reactive ketones (excluding diaryl/α,β-unsaturated/α-hetero) is 1. The van der Waals surface area contributed by atoms with Gasteiger partial charge in [0.25, 0.3) is 0 Å². The first kappa shape index (κ1) is 21.3. The van der Waals surface area contributed by atoms with Crippen LogP contribution in [0.25, 0.3) is 5.70 Å². The number of methoxy groups -OCH3 is 1. The number of hydrogen-bond acceptors (Lipinski definition) is 4. The summed E-state index contributed by atoms with van der Waals surface area (Å²) < 4.78 is 5.48. The first-order chi connectivity index (χ1) is 14.3. The summed E-state index contributed by atoms with van der Waals surface area (Å²) in [6.45, 7) is 12.1. The third-order valence-corrected chi connectivity index (χ3v) is 5.41. The van der Waals surface area contributed by atoms with Crippen molar-refractivity contribution in [1.82, 2.24) is 4.90 Å². The van der Waals surface area contributed by atoms with Gasteiger partial charge < -0.3 is 9.64 Å². The maximum absolute atomic E-state index is 11.6. The van der Waals surface area contributed by atoms with Gasteiger partial charge in [-0.2, -0.15) is 0 Å². The highest BCUT2D eigenvalue weighted by Crippen LogP contribution is 2.33. The maximum Gasteiger partial charge on any atom is 0.159 e. The molecule has 1 heterocycles. The molecule has 0 aliphatic carbocycles. The van der Waals surface area contributed by atoms with Gasteiger partial charge in [0.2, 0.25) is 0 Å². The molecule has 4 heteroatoms. The van der Waals surface area contributed by atoms with Crippen LogP contribution >= 0.6 is 0 Å². The van der Waals surface area contributed by atoms with E-state index in [1.165, 1.54) is 5.56 Å². The van der Waals surface area contributed by atoms with Gasteiger partial charge in [0.05, 0.1) is 19.0 Å². The van der Waals surface area contributed by atoms with Crippen molar-refractivity contribution in [1.29, 1.82) is 0 Å². The zero-order valence-electron chi connectivity index (χ0n) is 18.2. The lowest BCUT2D eigenvalue weighted by Gasteiger charge is -2.22. The summed E-state index contributed by atoms with van der Waals surface area (Å²) in [5, 5.41) is 0. The van der Waals surface area contributed by atoms with Crippen molar-refractivity contribution >= 4 is 17.2 Å². The fourth-order valence-electron chi connectivity index (χ4n) is 3.62. The topological polar surface area (TPSA) is 41.9 Å². The second-order valence-electron chi connectivity index (χ2n) is 7.58. The minimum Gasteiger partial charge on any atom is -0.496 e. The average molecular weight is 401 g/mol. The number of hydrogen-bond donors (Lipinski definition) is 0. The van der Waals surface area contributed by atoms with Gasteiger partial charge in [-0.1, -0.05) is 49.6 Å². The Labute approximate surface area is 178 Å². The average Bonchev–Trinajstić information content (AvgIpc) is 2.81. The first-order valence-corrected chi connectivity index (χ1v) is 9.92. The summed E-state index contributed by atoms with van der Waals surface area (Å²) in [4.78, 5) is 18.4. The van der Waals surface area contributed by atoms with Gasteiger partial charge >= 0.3 is 0 Å². The molecular weight excluding hydrogens is 372 g/mol. The number of rotatable bonds is 5. The molecule has 0 bridgehead atoms. The molecule has 0 aromatic heterocycles.